The van der Waals surface area contributed by atoms with Gasteiger partial charge in [0.15, 0.2) is 5.96 Å². The Morgan fingerprint density at radius 1 is 1.38 bits per heavy atom. The molecule has 1 fully saturated rings. The molecule has 0 radical (unpaired) electrons. The summed E-state index contributed by atoms with van der Waals surface area (Å²) >= 11 is 6.07. The number of aliphatic imine (C=N–C) groups is 1. The lowest BCUT2D eigenvalue weighted by molar-refractivity contribution is 0.0205. The molecule has 0 aromatic heterocycles. The van der Waals surface area contributed by atoms with E-state index in [4.69, 9.17) is 26.1 Å². The molecule has 2 rings (SSSR count). The van der Waals surface area contributed by atoms with Crippen molar-refractivity contribution in [2.75, 3.05) is 46.6 Å². The Labute approximate surface area is 162 Å². The van der Waals surface area contributed by atoms with Gasteiger partial charge >= 0.3 is 0 Å². The largest absolute Gasteiger partial charge is 0.381 e. The molecule has 0 atom stereocenters. The van der Waals surface area contributed by atoms with Gasteiger partial charge in [0.1, 0.15) is 0 Å². The van der Waals surface area contributed by atoms with Crippen molar-refractivity contribution < 1.29 is 9.47 Å². The van der Waals surface area contributed by atoms with E-state index in [-0.39, 0.29) is 0 Å². The first-order valence-corrected chi connectivity index (χ1v) is 9.96. The number of ether oxygens (including phenoxy) is 2. The minimum atomic E-state index is 0.661. The van der Waals surface area contributed by atoms with Gasteiger partial charge in [0.05, 0.1) is 0 Å². The molecular weight excluding hydrogens is 350 g/mol. The molecule has 1 N–H and O–H groups in total. The normalized spacial score (nSPS) is 15.9. The highest BCUT2D eigenvalue weighted by Gasteiger charge is 2.13. The third kappa shape index (κ3) is 7.94. The van der Waals surface area contributed by atoms with Gasteiger partial charge in [-0.1, -0.05) is 23.7 Å². The maximum atomic E-state index is 6.07. The minimum absolute atomic E-state index is 0.661. The summed E-state index contributed by atoms with van der Waals surface area (Å²) in [6.45, 7) is 7.83. The fourth-order valence-corrected chi connectivity index (χ4v) is 3.18. The molecule has 0 aliphatic carbocycles. The summed E-state index contributed by atoms with van der Waals surface area (Å²) in [5, 5.41) is 4.11. The number of nitrogens with zero attached hydrogens (tertiary/aromatic N) is 2. The minimum Gasteiger partial charge on any atom is -0.381 e. The molecule has 0 saturated carbocycles. The molecular formula is C20H32ClN3O2. The van der Waals surface area contributed by atoms with Crippen LogP contribution in [-0.2, 0) is 16.0 Å². The van der Waals surface area contributed by atoms with Crippen LogP contribution in [0.2, 0.25) is 5.02 Å². The van der Waals surface area contributed by atoms with E-state index in [0.29, 0.717) is 5.92 Å². The highest BCUT2D eigenvalue weighted by Crippen LogP contribution is 2.15. The molecule has 0 bridgehead atoms. The monoisotopic (exact) mass is 381 g/mol. The second kappa shape index (κ2) is 12.2. The quantitative estimate of drug-likeness (QED) is 0.403. The van der Waals surface area contributed by atoms with Crippen LogP contribution in [0.4, 0.5) is 0 Å². The van der Waals surface area contributed by atoms with Crippen molar-refractivity contribution in [3.05, 3.63) is 34.9 Å². The van der Waals surface area contributed by atoms with Gasteiger partial charge in [-0.3, -0.25) is 4.99 Å². The van der Waals surface area contributed by atoms with Gasteiger partial charge in [-0.05, 0) is 49.8 Å². The van der Waals surface area contributed by atoms with Gasteiger partial charge in [0, 0.05) is 58.1 Å². The number of hydrogen-bond donors (Lipinski definition) is 1. The number of guanidine groups is 1. The maximum absolute atomic E-state index is 6.07. The number of nitrogens with one attached hydrogen (secondary N) is 1. The van der Waals surface area contributed by atoms with Gasteiger partial charge in [-0.15, -0.1) is 0 Å². The first kappa shape index (κ1) is 21.0. The van der Waals surface area contributed by atoms with Crippen molar-refractivity contribution in [2.45, 2.75) is 32.7 Å². The van der Waals surface area contributed by atoms with Crippen LogP contribution >= 0.6 is 11.6 Å². The van der Waals surface area contributed by atoms with Gasteiger partial charge in [-0.2, -0.15) is 0 Å². The summed E-state index contributed by atoms with van der Waals surface area (Å²) in [6.07, 6.45) is 3.18. The van der Waals surface area contributed by atoms with E-state index in [0.717, 1.165) is 76.3 Å². The first-order valence-electron chi connectivity index (χ1n) is 9.58. The van der Waals surface area contributed by atoms with Crippen LogP contribution < -0.4 is 5.32 Å². The predicted octanol–water partition coefficient (Wildman–Crippen LogP) is 3.57. The first-order chi connectivity index (χ1) is 12.7. The van der Waals surface area contributed by atoms with Crippen LogP contribution in [0.3, 0.4) is 0 Å². The molecule has 146 valence electrons. The number of benzene rings is 1. The van der Waals surface area contributed by atoms with Crippen LogP contribution in [0.15, 0.2) is 29.3 Å². The highest BCUT2D eigenvalue weighted by atomic mass is 35.5. The second-order valence-corrected chi connectivity index (χ2v) is 7.14. The molecule has 1 saturated heterocycles. The smallest absolute Gasteiger partial charge is 0.193 e. The summed E-state index contributed by atoms with van der Waals surface area (Å²) in [5.41, 5.74) is 1.17. The molecule has 1 aromatic rings. The zero-order valence-corrected chi connectivity index (χ0v) is 16.8. The standard InChI is InChI=1S/C20H32ClN3O2/c1-3-22-20(24(2)15-18-6-4-7-19(21)14-18)23-10-5-11-26-16-17-8-12-25-13-9-17/h4,6-7,14,17H,3,5,8-13,15-16H2,1-2H3,(H,22,23). The average Bonchev–Trinajstić information content (AvgIpc) is 2.64. The third-order valence-electron chi connectivity index (χ3n) is 4.41. The summed E-state index contributed by atoms with van der Waals surface area (Å²) < 4.78 is 11.2. The number of rotatable bonds is 9. The van der Waals surface area contributed by atoms with Gasteiger partial charge in [0.2, 0.25) is 0 Å². The molecule has 1 aliphatic rings. The number of hydrogen-bond acceptors (Lipinski definition) is 3. The van der Waals surface area contributed by atoms with Crippen molar-refractivity contribution >= 4 is 17.6 Å². The molecule has 1 aromatic carbocycles. The predicted molar refractivity (Wildman–Crippen MR) is 108 cm³/mol. The van der Waals surface area contributed by atoms with E-state index < -0.39 is 0 Å². The van der Waals surface area contributed by atoms with Gasteiger partial charge < -0.3 is 19.7 Å². The van der Waals surface area contributed by atoms with Crippen molar-refractivity contribution in [1.29, 1.82) is 0 Å². The fourth-order valence-electron chi connectivity index (χ4n) is 2.97. The van der Waals surface area contributed by atoms with Gasteiger partial charge in [-0.25, -0.2) is 0 Å². The SMILES string of the molecule is CCNC(=NCCCOCC1CCOCC1)N(C)Cc1cccc(Cl)c1. The van der Waals surface area contributed by atoms with Crippen LogP contribution in [0.25, 0.3) is 0 Å². The Morgan fingerprint density at radius 2 is 2.19 bits per heavy atom. The van der Waals surface area contributed by atoms with Gasteiger partial charge in [0.25, 0.3) is 0 Å². The molecule has 6 heteroatoms. The Morgan fingerprint density at radius 3 is 2.92 bits per heavy atom. The van der Waals surface area contributed by atoms with Crippen molar-refractivity contribution in [3.8, 4) is 0 Å². The summed E-state index contributed by atoms with van der Waals surface area (Å²) in [7, 11) is 2.05. The molecule has 0 unspecified atom stereocenters. The Kier molecular flexibility index (Phi) is 9.82. The zero-order chi connectivity index (χ0) is 18.6. The molecule has 1 heterocycles. The molecule has 5 nitrogen and oxygen atoms in total. The summed E-state index contributed by atoms with van der Waals surface area (Å²) in [6, 6.07) is 7.94. The molecule has 0 spiro atoms. The third-order valence-corrected chi connectivity index (χ3v) is 4.64. The van der Waals surface area contributed by atoms with Crippen molar-refractivity contribution in [3.63, 3.8) is 0 Å². The van der Waals surface area contributed by atoms with Crippen LogP contribution in [0.1, 0.15) is 31.7 Å². The highest BCUT2D eigenvalue weighted by molar-refractivity contribution is 6.30. The second-order valence-electron chi connectivity index (χ2n) is 6.71. The van der Waals surface area contributed by atoms with E-state index in [2.05, 4.69) is 23.2 Å². The van der Waals surface area contributed by atoms with E-state index in [1.54, 1.807) is 0 Å². The van der Waals surface area contributed by atoms with Crippen LogP contribution in [0.5, 0.6) is 0 Å². The Bertz CT molecular complexity index is 548. The fraction of sp³-hybridized carbons (Fsp3) is 0.650. The average molecular weight is 382 g/mol. The van der Waals surface area contributed by atoms with E-state index in [9.17, 15) is 0 Å². The summed E-state index contributed by atoms with van der Waals surface area (Å²) in [4.78, 5) is 6.84. The molecule has 1 aliphatic heterocycles. The van der Waals surface area contributed by atoms with Crippen LogP contribution in [0, 0.1) is 5.92 Å². The lowest BCUT2D eigenvalue weighted by Gasteiger charge is -2.22. The van der Waals surface area contributed by atoms with Crippen molar-refractivity contribution in [1.82, 2.24) is 10.2 Å². The van der Waals surface area contributed by atoms with E-state index >= 15 is 0 Å². The maximum Gasteiger partial charge on any atom is 0.193 e. The lowest BCUT2D eigenvalue weighted by Crippen LogP contribution is -2.38. The molecule has 0 amide bonds. The van der Waals surface area contributed by atoms with E-state index in [1.165, 1.54) is 5.56 Å². The lowest BCUT2D eigenvalue weighted by atomic mass is 10.0. The molecule has 26 heavy (non-hydrogen) atoms. The van der Waals surface area contributed by atoms with Crippen LogP contribution in [-0.4, -0.2) is 57.4 Å². The van der Waals surface area contributed by atoms with Crippen molar-refractivity contribution in [2.24, 2.45) is 10.9 Å². The van der Waals surface area contributed by atoms with E-state index in [1.807, 2.05) is 25.2 Å². The zero-order valence-electron chi connectivity index (χ0n) is 16.0. The Hall–Kier alpha value is -1.30. The number of halogens is 1. The Balaban J connectivity index is 1.70. The summed E-state index contributed by atoms with van der Waals surface area (Å²) in [5.74, 6) is 1.57. The topological polar surface area (TPSA) is 46.1 Å².